The van der Waals surface area contributed by atoms with E-state index in [0.29, 0.717) is 29.3 Å². The highest BCUT2D eigenvalue weighted by molar-refractivity contribution is 6.10. The van der Waals surface area contributed by atoms with Crippen LogP contribution in [-0.4, -0.2) is 18.4 Å². The molecular formula is C20H20N2O3. The van der Waals surface area contributed by atoms with Gasteiger partial charge in [0.1, 0.15) is 5.75 Å². The maximum Gasteiger partial charge on any atom is 0.262 e. The van der Waals surface area contributed by atoms with E-state index in [9.17, 15) is 9.59 Å². The van der Waals surface area contributed by atoms with Crippen molar-refractivity contribution in [3.05, 3.63) is 48.0 Å². The molecule has 5 nitrogen and oxygen atoms in total. The molecule has 0 unspecified atom stereocenters. The normalized spacial score (nSPS) is 16.2. The molecule has 1 aliphatic heterocycles. The Hall–Kier alpha value is -2.82. The van der Waals surface area contributed by atoms with Crippen molar-refractivity contribution >= 4 is 23.2 Å². The summed E-state index contributed by atoms with van der Waals surface area (Å²) in [6.07, 6.45) is 2.99. The number of carbonyl (C=O) groups is 2. The molecule has 0 aromatic heterocycles. The summed E-state index contributed by atoms with van der Waals surface area (Å²) < 4.78 is 5.97. The molecule has 1 N–H and O–H groups in total. The summed E-state index contributed by atoms with van der Waals surface area (Å²) in [4.78, 5) is 26.9. The first kappa shape index (κ1) is 15.7. The summed E-state index contributed by atoms with van der Waals surface area (Å²) in [6, 6.07) is 12.7. The van der Waals surface area contributed by atoms with E-state index in [1.165, 1.54) is 0 Å². The summed E-state index contributed by atoms with van der Waals surface area (Å²) in [5.74, 6) is 1.17. The first-order valence-corrected chi connectivity index (χ1v) is 8.71. The fourth-order valence-electron chi connectivity index (χ4n) is 3.23. The Balaban J connectivity index is 1.69. The lowest BCUT2D eigenvalue weighted by Crippen LogP contribution is -2.30. The molecular weight excluding hydrogens is 316 g/mol. The van der Waals surface area contributed by atoms with Gasteiger partial charge >= 0.3 is 0 Å². The molecule has 0 spiro atoms. The lowest BCUT2D eigenvalue weighted by molar-refractivity contribution is -0.122. The van der Waals surface area contributed by atoms with E-state index in [-0.39, 0.29) is 17.7 Å². The minimum atomic E-state index is -0.123. The predicted octanol–water partition coefficient (Wildman–Crippen LogP) is 4.20. The minimum absolute atomic E-state index is 0.0313. The Morgan fingerprint density at radius 3 is 2.72 bits per heavy atom. The molecule has 0 atom stereocenters. The third-order valence-corrected chi connectivity index (χ3v) is 4.89. The topological polar surface area (TPSA) is 58.6 Å². The number of fused-ring (bicyclic) bond motifs is 2. The highest BCUT2D eigenvalue weighted by Gasteiger charge is 2.28. The molecule has 2 aromatic carbocycles. The van der Waals surface area contributed by atoms with Crippen LogP contribution in [-0.2, 0) is 4.79 Å². The molecule has 1 heterocycles. The molecule has 4 rings (SSSR count). The van der Waals surface area contributed by atoms with Crippen molar-refractivity contribution in [1.29, 1.82) is 0 Å². The number of hydrogen-bond acceptors (Lipinski definition) is 3. The van der Waals surface area contributed by atoms with E-state index in [1.54, 1.807) is 23.1 Å². The van der Waals surface area contributed by atoms with Gasteiger partial charge in [-0.05, 0) is 50.1 Å². The van der Waals surface area contributed by atoms with Crippen LogP contribution in [0.3, 0.4) is 0 Å². The Labute approximate surface area is 146 Å². The summed E-state index contributed by atoms with van der Waals surface area (Å²) in [6.45, 7) is 2.47. The summed E-state index contributed by atoms with van der Waals surface area (Å²) in [7, 11) is 0. The van der Waals surface area contributed by atoms with Crippen molar-refractivity contribution in [3.63, 3.8) is 0 Å². The number of benzene rings is 2. The van der Waals surface area contributed by atoms with Crippen LogP contribution < -0.4 is 15.0 Å². The molecule has 1 saturated carbocycles. The third-order valence-electron chi connectivity index (χ3n) is 4.89. The van der Waals surface area contributed by atoms with Gasteiger partial charge < -0.3 is 15.0 Å². The van der Waals surface area contributed by atoms with E-state index < -0.39 is 0 Å². The van der Waals surface area contributed by atoms with Crippen LogP contribution in [0.4, 0.5) is 11.4 Å². The van der Waals surface area contributed by atoms with E-state index in [4.69, 9.17) is 4.74 Å². The number of ether oxygens (including phenoxy) is 1. The molecule has 5 heteroatoms. The predicted molar refractivity (Wildman–Crippen MR) is 96.3 cm³/mol. The van der Waals surface area contributed by atoms with Crippen molar-refractivity contribution in [2.24, 2.45) is 5.92 Å². The first-order chi connectivity index (χ1) is 12.2. The van der Waals surface area contributed by atoms with Crippen LogP contribution in [0.1, 0.15) is 36.5 Å². The zero-order valence-electron chi connectivity index (χ0n) is 14.1. The lowest BCUT2D eigenvalue weighted by Gasteiger charge is -2.24. The van der Waals surface area contributed by atoms with Crippen LogP contribution in [0.5, 0.6) is 11.5 Å². The average molecular weight is 336 g/mol. The standard InChI is InChI=1S/C20H20N2O3/c1-2-22-16-8-3-4-9-18(16)25-17-11-10-14(12-15(17)20(22)24)21-19(23)13-6-5-7-13/h3-4,8-13H,2,5-7H2,1H3,(H,21,23). The summed E-state index contributed by atoms with van der Waals surface area (Å²) in [5.41, 5.74) is 1.85. The van der Waals surface area contributed by atoms with Gasteiger partial charge in [0.05, 0.1) is 11.3 Å². The van der Waals surface area contributed by atoms with Gasteiger partial charge in [0, 0.05) is 18.2 Å². The fraction of sp³-hybridized carbons (Fsp3) is 0.300. The highest BCUT2D eigenvalue weighted by atomic mass is 16.5. The van der Waals surface area contributed by atoms with E-state index in [2.05, 4.69) is 5.32 Å². The van der Waals surface area contributed by atoms with E-state index in [0.717, 1.165) is 24.9 Å². The average Bonchev–Trinajstić information content (AvgIpc) is 2.67. The minimum Gasteiger partial charge on any atom is -0.454 e. The SMILES string of the molecule is CCN1C(=O)c2cc(NC(=O)C3CCC3)ccc2Oc2ccccc21. The van der Waals surface area contributed by atoms with Crippen LogP contribution in [0, 0.1) is 5.92 Å². The van der Waals surface area contributed by atoms with Gasteiger partial charge in [0.2, 0.25) is 5.91 Å². The molecule has 0 radical (unpaired) electrons. The second kappa shape index (κ2) is 6.24. The molecule has 1 fully saturated rings. The second-order valence-electron chi connectivity index (χ2n) is 6.45. The van der Waals surface area contributed by atoms with Gasteiger partial charge in [0.15, 0.2) is 5.75 Å². The summed E-state index contributed by atoms with van der Waals surface area (Å²) >= 11 is 0. The quantitative estimate of drug-likeness (QED) is 0.914. The van der Waals surface area contributed by atoms with Gasteiger partial charge in [0.25, 0.3) is 5.91 Å². The smallest absolute Gasteiger partial charge is 0.262 e. The molecule has 0 saturated heterocycles. The number of carbonyl (C=O) groups excluding carboxylic acids is 2. The van der Waals surface area contributed by atoms with Crippen LogP contribution in [0.2, 0.25) is 0 Å². The Kier molecular flexibility index (Phi) is 3.92. The molecule has 2 aromatic rings. The van der Waals surface area contributed by atoms with Crippen molar-refractivity contribution in [3.8, 4) is 11.5 Å². The number of para-hydroxylation sites is 2. The summed E-state index contributed by atoms with van der Waals surface area (Å²) in [5, 5.41) is 2.92. The molecule has 25 heavy (non-hydrogen) atoms. The Morgan fingerprint density at radius 2 is 2.00 bits per heavy atom. The number of rotatable bonds is 3. The molecule has 2 aliphatic rings. The first-order valence-electron chi connectivity index (χ1n) is 8.71. The highest BCUT2D eigenvalue weighted by Crippen LogP contribution is 2.39. The van der Waals surface area contributed by atoms with Gasteiger partial charge in [-0.3, -0.25) is 9.59 Å². The van der Waals surface area contributed by atoms with Crippen molar-refractivity contribution < 1.29 is 14.3 Å². The number of nitrogens with one attached hydrogen (secondary N) is 1. The molecule has 2 amide bonds. The monoisotopic (exact) mass is 336 g/mol. The Morgan fingerprint density at radius 1 is 1.20 bits per heavy atom. The molecule has 128 valence electrons. The largest absolute Gasteiger partial charge is 0.454 e. The maximum absolute atomic E-state index is 13.0. The lowest BCUT2D eigenvalue weighted by atomic mass is 9.85. The van der Waals surface area contributed by atoms with Crippen molar-refractivity contribution in [2.75, 3.05) is 16.8 Å². The van der Waals surface area contributed by atoms with Gasteiger partial charge in [-0.25, -0.2) is 0 Å². The fourth-order valence-corrected chi connectivity index (χ4v) is 3.23. The van der Waals surface area contributed by atoms with Crippen LogP contribution in [0.15, 0.2) is 42.5 Å². The molecule has 1 aliphatic carbocycles. The third kappa shape index (κ3) is 2.76. The van der Waals surface area contributed by atoms with Crippen molar-refractivity contribution in [1.82, 2.24) is 0 Å². The van der Waals surface area contributed by atoms with Crippen molar-refractivity contribution in [2.45, 2.75) is 26.2 Å². The zero-order valence-corrected chi connectivity index (χ0v) is 14.1. The Bertz CT molecular complexity index is 843. The van der Waals surface area contributed by atoms with E-state index >= 15 is 0 Å². The van der Waals surface area contributed by atoms with Crippen LogP contribution in [0.25, 0.3) is 0 Å². The maximum atomic E-state index is 13.0. The van der Waals surface area contributed by atoms with Crippen LogP contribution >= 0.6 is 0 Å². The number of amides is 2. The number of anilines is 2. The van der Waals surface area contributed by atoms with E-state index in [1.807, 2.05) is 31.2 Å². The second-order valence-corrected chi connectivity index (χ2v) is 6.45. The molecule has 0 bridgehead atoms. The van der Waals surface area contributed by atoms with Gasteiger partial charge in [-0.15, -0.1) is 0 Å². The number of nitrogens with zero attached hydrogens (tertiary/aromatic N) is 1. The zero-order chi connectivity index (χ0) is 17.4. The van der Waals surface area contributed by atoms with Gasteiger partial charge in [-0.2, -0.15) is 0 Å². The number of hydrogen-bond donors (Lipinski definition) is 1. The van der Waals surface area contributed by atoms with Gasteiger partial charge in [-0.1, -0.05) is 18.6 Å².